The molecule has 0 spiro atoms. The molecule has 0 radical (unpaired) electrons. The lowest BCUT2D eigenvalue weighted by Gasteiger charge is -2.18. The summed E-state index contributed by atoms with van der Waals surface area (Å²) in [4.78, 5) is 47.1. The van der Waals surface area contributed by atoms with Crippen LogP contribution in [0.25, 0.3) is 10.8 Å². The van der Waals surface area contributed by atoms with Gasteiger partial charge in [0, 0.05) is 17.1 Å². The van der Waals surface area contributed by atoms with Crippen molar-refractivity contribution >= 4 is 69.3 Å². The SMILES string of the molecule is O=C(O)C[C@@H](Cc1ccc(C(F)(F)F)cc1)NC(=O)Cc1ccc(Cl)c(Cl)c1.O=C(O)C[C@H](Cc1ccc(Cl)cc1)NC(=O)Cc1cccc2ccccc12. The summed E-state index contributed by atoms with van der Waals surface area (Å²) in [5.41, 5.74) is 2.13. The van der Waals surface area contributed by atoms with Crippen molar-refractivity contribution in [2.45, 2.75) is 56.8 Å². The Morgan fingerprint density at radius 3 is 1.65 bits per heavy atom. The third-order valence-electron chi connectivity index (χ3n) is 8.31. The fraction of sp³-hybridized carbons (Fsp3) is 0.220. The Morgan fingerprint density at radius 1 is 0.600 bits per heavy atom. The zero-order valence-corrected chi connectivity index (χ0v) is 31.4. The Morgan fingerprint density at radius 2 is 1.11 bits per heavy atom. The maximum absolute atomic E-state index is 12.6. The lowest BCUT2D eigenvalue weighted by atomic mass is 10.0. The normalized spacial score (nSPS) is 12.2. The van der Waals surface area contributed by atoms with Crippen LogP contribution in [-0.2, 0) is 51.0 Å². The summed E-state index contributed by atoms with van der Waals surface area (Å²) in [7, 11) is 0. The molecule has 0 fully saturated rings. The monoisotopic (exact) mass is 814 g/mol. The third kappa shape index (κ3) is 14.2. The van der Waals surface area contributed by atoms with Gasteiger partial charge in [-0.05, 0) is 82.3 Å². The zero-order valence-electron chi connectivity index (χ0n) is 29.1. The first-order valence-corrected chi connectivity index (χ1v) is 18.0. The lowest BCUT2D eigenvalue weighted by Crippen LogP contribution is -2.39. The van der Waals surface area contributed by atoms with Crippen molar-refractivity contribution in [1.29, 1.82) is 0 Å². The first kappa shape index (κ1) is 42.6. The molecule has 0 saturated carbocycles. The summed E-state index contributed by atoms with van der Waals surface area (Å²) in [5.74, 6) is -2.70. The van der Waals surface area contributed by atoms with Crippen LogP contribution >= 0.6 is 34.8 Å². The molecule has 288 valence electrons. The van der Waals surface area contributed by atoms with Gasteiger partial charge in [0.25, 0.3) is 0 Å². The Hall–Kier alpha value is -5.10. The molecule has 5 aromatic carbocycles. The van der Waals surface area contributed by atoms with Gasteiger partial charge in [-0.25, -0.2) is 0 Å². The predicted molar refractivity (Wildman–Crippen MR) is 206 cm³/mol. The number of aliphatic carboxylic acids is 2. The van der Waals surface area contributed by atoms with Gasteiger partial charge in [-0.15, -0.1) is 0 Å². The van der Waals surface area contributed by atoms with Gasteiger partial charge in [0.1, 0.15) is 0 Å². The predicted octanol–water partition coefficient (Wildman–Crippen LogP) is 8.99. The van der Waals surface area contributed by atoms with Crippen molar-refractivity contribution in [2.24, 2.45) is 0 Å². The zero-order chi connectivity index (χ0) is 40.1. The van der Waals surface area contributed by atoms with E-state index in [1.165, 1.54) is 18.2 Å². The van der Waals surface area contributed by atoms with Gasteiger partial charge in [0.05, 0.1) is 41.3 Å². The number of carboxylic acids is 2. The van der Waals surface area contributed by atoms with Crippen molar-refractivity contribution in [3.05, 3.63) is 152 Å². The number of benzene rings is 5. The topological polar surface area (TPSA) is 133 Å². The largest absolute Gasteiger partial charge is 0.481 e. The van der Waals surface area contributed by atoms with Gasteiger partial charge in [-0.3, -0.25) is 19.2 Å². The molecule has 55 heavy (non-hydrogen) atoms. The number of carboxylic acid groups (broad SMARTS) is 2. The molecule has 0 aliphatic carbocycles. The first-order valence-electron chi connectivity index (χ1n) is 16.9. The quantitative estimate of drug-likeness (QED) is 0.0885. The van der Waals surface area contributed by atoms with Crippen LogP contribution in [0.1, 0.15) is 40.7 Å². The summed E-state index contributed by atoms with van der Waals surface area (Å²) in [6.07, 6.45) is -4.27. The molecule has 5 rings (SSSR count). The summed E-state index contributed by atoms with van der Waals surface area (Å²) in [5, 5.41) is 27.1. The summed E-state index contributed by atoms with van der Waals surface area (Å²) in [6, 6.07) is 28.8. The van der Waals surface area contributed by atoms with Crippen molar-refractivity contribution < 1.29 is 42.6 Å². The van der Waals surface area contributed by atoms with E-state index in [0.717, 1.165) is 34.0 Å². The Labute approximate surface area is 330 Å². The smallest absolute Gasteiger partial charge is 0.416 e. The average Bonchev–Trinajstić information content (AvgIpc) is 3.10. The number of hydrogen-bond acceptors (Lipinski definition) is 4. The van der Waals surface area contributed by atoms with E-state index in [1.54, 1.807) is 24.3 Å². The molecular formula is C41H36Cl3F3N2O6. The van der Waals surface area contributed by atoms with Crippen molar-refractivity contribution in [2.75, 3.05) is 0 Å². The van der Waals surface area contributed by atoms with E-state index < -0.39 is 41.7 Å². The van der Waals surface area contributed by atoms with E-state index in [1.807, 2.05) is 54.6 Å². The van der Waals surface area contributed by atoms with Crippen molar-refractivity contribution in [3.8, 4) is 0 Å². The number of carbonyl (C=O) groups excluding carboxylic acids is 2. The number of rotatable bonds is 14. The second-order valence-corrected chi connectivity index (χ2v) is 13.9. The maximum Gasteiger partial charge on any atom is 0.416 e. The van der Waals surface area contributed by atoms with Crippen LogP contribution in [-0.4, -0.2) is 46.0 Å². The fourth-order valence-electron chi connectivity index (χ4n) is 5.80. The van der Waals surface area contributed by atoms with E-state index >= 15 is 0 Å². The highest BCUT2D eigenvalue weighted by Gasteiger charge is 2.30. The number of amides is 2. The van der Waals surface area contributed by atoms with Crippen LogP contribution in [0.3, 0.4) is 0 Å². The molecule has 0 unspecified atom stereocenters. The van der Waals surface area contributed by atoms with E-state index in [2.05, 4.69) is 10.6 Å². The molecule has 2 atom stereocenters. The molecule has 0 aliphatic heterocycles. The van der Waals surface area contributed by atoms with Gasteiger partial charge in [-0.2, -0.15) is 13.2 Å². The van der Waals surface area contributed by atoms with Crippen LogP contribution in [0.15, 0.2) is 109 Å². The van der Waals surface area contributed by atoms with Gasteiger partial charge in [0.2, 0.25) is 11.8 Å². The number of nitrogens with one attached hydrogen (secondary N) is 2. The van der Waals surface area contributed by atoms with Gasteiger partial charge in [-0.1, -0.05) is 108 Å². The first-order chi connectivity index (χ1) is 26.0. The minimum atomic E-state index is -4.45. The molecule has 8 nitrogen and oxygen atoms in total. The molecule has 5 aromatic rings. The summed E-state index contributed by atoms with van der Waals surface area (Å²) < 4.78 is 37.9. The van der Waals surface area contributed by atoms with Gasteiger partial charge in [0.15, 0.2) is 0 Å². The van der Waals surface area contributed by atoms with Crippen LogP contribution in [0.4, 0.5) is 13.2 Å². The van der Waals surface area contributed by atoms with Crippen LogP contribution in [0, 0.1) is 0 Å². The number of fused-ring (bicyclic) bond motifs is 1. The number of halogens is 6. The molecular weight excluding hydrogens is 780 g/mol. The molecule has 0 saturated heterocycles. The highest BCUT2D eigenvalue weighted by Crippen LogP contribution is 2.29. The highest BCUT2D eigenvalue weighted by atomic mass is 35.5. The number of carbonyl (C=O) groups is 4. The van der Waals surface area contributed by atoms with E-state index in [0.29, 0.717) is 32.6 Å². The van der Waals surface area contributed by atoms with Crippen LogP contribution < -0.4 is 10.6 Å². The minimum Gasteiger partial charge on any atom is -0.481 e. The van der Waals surface area contributed by atoms with Crippen molar-refractivity contribution in [3.63, 3.8) is 0 Å². The van der Waals surface area contributed by atoms with Crippen LogP contribution in [0.5, 0.6) is 0 Å². The van der Waals surface area contributed by atoms with E-state index in [-0.39, 0.29) is 38.0 Å². The average molecular weight is 816 g/mol. The Kier molecular flexibility index (Phi) is 15.5. The number of alkyl halides is 3. The van der Waals surface area contributed by atoms with E-state index in [4.69, 9.17) is 39.9 Å². The molecule has 0 heterocycles. The maximum atomic E-state index is 12.6. The van der Waals surface area contributed by atoms with E-state index in [9.17, 15) is 37.5 Å². The Balaban J connectivity index is 0.000000245. The van der Waals surface area contributed by atoms with Crippen molar-refractivity contribution in [1.82, 2.24) is 10.6 Å². The minimum absolute atomic E-state index is 0.0416. The Bertz CT molecular complexity index is 2110. The molecule has 2 amide bonds. The standard InChI is InChI=1S/C22H20ClNO3.C19H16Cl2F3NO3/c23-18-10-8-15(9-11-18)12-19(14-22(26)27)24-21(25)13-17-6-3-5-16-4-1-2-7-20(16)17;20-15-6-3-12(8-16(15)21)9-17(26)25-14(10-18(27)28)7-11-1-4-13(5-2-11)19(22,23)24/h1-11,19H,12-14H2,(H,24,25)(H,26,27);1-6,8,14H,7,9-10H2,(H,25,26)(H,27,28)/t19-;14-/m01/s1. The molecule has 14 heteroatoms. The molecule has 0 aromatic heterocycles. The third-order valence-corrected chi connectivity index (χ3v) is 9.30. The second kappa shape index (κ2) is 20.0. The number of hydrogen-bond donors (Lipinski definition) is 4. The second-order valence-electron chi connectivity index (χ2n) is 12.7. The van der Waals surface area contributed by atoms with Crippen LogP contribution in [0.2, 0.25) is 15.1 Å². The highest BCUT2D eigenvalue weighted by molar-refractivity contribution is 6.42. The fourth-order valence-corrected chi connectivity index (χ4v) is 6.25. The van der Waals surface area contributed by atoms with Gasteiger partial charge >= 0.3 is 18.1 Å². The summed E-state index contributed by atoms with van der Waals surface area (Å²) >= 11 is 17.6. The molecule has 0 aliphatic rings. The molecule has 0 bridgehead atoms. The molecule has 4 N–H and O–H groups in total. The lowest BCUT2D eigenvalue weighted by molar-refractivity contribution is -0.139. The van der Waals surface area contributed by atoms with Gasteiger partial charge < -0.3 is 20.8 Å². The summed E-state index contributed by atoms with van der Waals surface area (Å²) in [6.45, 7) is 0.